The lowest BCUT2D eigenvalue weighted by molar-refractivity contribution is -0.389. The van der Waals surface area contributed by atoms with Crippen molar-refractivity contribution in [1.82, 2.24) is 18.9 Å². The van der Waals surface area contributed by atoms with Crippen LogP contribution in [0.1, 0.15) is 17.4 Å². The summed E-state index contributed by atoms with van der Waals surface area (Å²) in [5.41, 5.74) is 0.885. The average Bonchev–Trinajstić information content (AvgIpc) is 3.35. The maximum absolute atomic E-state index is 11.6. The maximum atomic E-state index is 11.6. The van der Waals surface area contributed by atoms with Crippen molar-refractivity contribution in [3.05, 3.63) is 69.7 Å². The first-order valence-corrected chi connectivity index (χ1v) is 8.94. The molecule has 0 amide bonds. The maximum Gasteiger partial charge on any atom is 0.372 e. The van der Waals surface area contributed by atoms with Crippen LogP contribution in [-0.4, -0.2) is 31.0 Å². The summed E-state index contributed by atoms with van der Waals surface area (Å²) in [5.74, 6) is 1.55. The summed E-state index contributed by atoms with van der Waals surface area (Å²) in [6, 6.07) is 7.06. The number of rotatable bonds is 6. The molecule has 138 valence electrons. The highest BCUT2D eigenvalue weighted by molar-refractivity contribution is 7.15. The predicted octanol–water partition coefficient (Wildman–Crippen LogP) is 3.25. The van der Waals surface area contributed by atoms with E-state index in [1.54, 1.807) is 24.9 Å². The van der Waals surface area contributed by atoms with Crippen LogP contribution in [0.4, 0.5) is 11.6 Å². The summed E-state index contributed by atoms with van der Waals surface area (Å²) in [7, 11) is 3.48. The van der Waals surface area contributed by atoms with Crippen molar-refractivity contribution in [3.63, 3.8) is 0 Å². The molecule has 0 saturated carbocycles. The SMILES string of the molecule is COc1ccc(C(Nc2nc3sccn3c2[N+](=O)[O-])c2nccn2C)cc1. The van der Waals surface area contributed by atoms with Gasteiger partial charge < -0.3 is 24.7 Å². The van der Waals surface area contributed by atoms with E-state index < -0.39 is 11.0 Å². The fraction of sp³-hybridized carbons (Fsp3) is 0.176. The zero-order valence-electron chi connectivity index (χ0n) is 14.6. The number of anilines is 1. The lowest BCUT2D eigenvalue weighted by Gasteiger charge is -2.19. The Labute approximate surface area is 158 Å². The number of thiazole rings is 1. The highest BCUT2D eigenvalue weighted by Gasteiger charge is 2.28. The molecular formula is C17H16N6O3S. The molecule has 0 spiro atoms. The van der Waals surface area contributed by atoms with Gasteiger partial charge in [0.25, 0.3) is 4.96 Å². The van der Waals surface area contributed by atoms with Crippen LogP contribution in [0.5, 0.6) is 5.75 Å². The third-order valence-corrected chi connectivity index (χ3v) is 5.01. The Morgan fingerprint density at radius 3 is 2.70 bits per heavy atom. The predicted molar refractivity (Wildman–Crippen MR) is 101 cm³/mol. The van der Waals surface area contributed by atoms with Gasteiger partial charge in [-0.2, -0.15) is 9.38 Å². The number of hydrogen-bond acceptors (Lipinski definition) is 7. The lowest BCUT2D eigenvalue weighted by atomic mass is 10.1. The minimum atomic E-state index is -0.432. The highest BCUT2D eigenvalue weighted by Crippen LogP contribution is 2.33. The van der Waals surface area contributed by atoms with Gasteiger partial charge in [0, 0.05) is 24.8 Å². The van der Waals surface area contributed by atoms with E-state index in [0.29, 0.717) is 10.8 Å². The number of nitrogens with one attached hydrogen (secondary N) is 1. The van der Waals surface area contributed by atoms with Crippen LogP contribution in [0.2, 0.25) is 0 Å². The number of aryl methyl sites for hydroxylation is 1. The van der Waals surface area contributed by atoms with Crippen molar-refractivity contribution < 1.29 is 9.66 Å². The second-order valence-electron chi connectivity index (χ2n) is 5.84. The summed E-state index contributed by atoms with van der Waals surface area (Å²) < 4.78 is 8.55. The van der Waals surface area contributed by atoms with E-state index in [-0.39, 0.29) is 11.6 Å². The molecule has 3 aromatic heterocycles. The van der Waals surface area contributed by atoms with Crippen LogP contribution in [0.3, 0.4) is 0 Å². The number of nitrogens with zero attached hydrogens (tertiary/aromatic N) is 5. The Bertz CT molecular complexity index is 1100. The molecule has 4 aromatic rings. The Balaban J connectivity index is 1.80. The number of benzene rings is 1. The third-order valence-electron chi connectivity index (χ3n) is 4.26. The average molecular weight is 384 g/mol. The zero-order valence-corrected chi connectivity index (χ0v) is 15.4. The Kier molecular flexibility index (Phi) is 4.24. The third kappa shape index (κ3) is 2.99. The first kappa shape index (κ1) is 17.0. The van der Waals surface area contributed by atoms with Gasteiger partial charge in [-0.15, -0.1) is 0 Å². The van der Waals surface area contributed by atoms with Gasteiger partial charge in [-0.25, -0.2) is 4.98 Å². The van der Waals surface area contributed by atoms with E-state index in [4.69, 9.17) is 4.74 Å². The molecule has 27 heavy (non-hydrogen) atoms. The van der Waals surface area contributed by atoms with Crippen molar-refractivity contribution in [2.24, 2.45) is 7.05 Å². The number of hydrogen-bond donors (Lipinski definition) is 1. The standard InChI is InChI=1S/C17H16N6O3S/c1-21-8-7-18-15(21)13(11-3-5-12(26-2)6-4-11)19-14-16(23(24)25)22-9-10-27-17(22)20-14/h3-10,13,19H,1-2H3. The molecule has 4 rings (SSSR count). The summed E-state index contributed by atoms with van der Waals surface area (Å²) >= 11 is 1.34. The zero-order chi connectivity index (χ0) is 19.0. The van der Waals surface area contributed by atoms with Crippen molar-refractivity contribution >= 4 is 27.9 Å². The van der Waals surface area contributed by atoms with Gasteiger partial charge >= 0.3 is 5.82 Å². The van der Waals surface area contributed by atoms with Gasteiger partial charge in [0.15, 0.2) is 0 Å². The normalized spacial score (nSPS) is 12.2. The fourth-order valence-corrected chi connectivity index (χ4v) is 3.64. The molecule has 9 nitrogen and oxygen atoms in total. The van der Waals surface area contributed by atoms with Gasteiger partial charge in [0.2, 0.25) is 5.82 Å². The van der Waals surface area contributed by atoms with Crippen LogP contribution in [0.25, 0.3) is 4.96 Å². The fourth-order valence-electron chi connectivity index (χ4n) is 2.93. The minimum Gasteiger partial charge on any atom is -0.497 e. The quantitative estimate of drug-likeness (QED) is 0.405. The number of methoxy groups -OCH3 is 1. The van der Waals surface area contributed by atoms with Crippen LogP contribution >= 0.6 is 11.3 Å². The summed E-state index contributed by atoms with van der Waals surface area (Å²) in [4.78, 5) is 20.6. The monoisotopic (exact) mass is 384 g/mol. The molecule has 0 radical (unpaired) electrons. The Hall–Kier alpha value is -3.40. The van der Waals surface area contributed by atoms with Crippen molar-refractivity contribution in [1.29, 1.82) is 0 Å². The second kappa shape index (κ2) is 6.72. The Morgan fingerprint density at radius 2 is 2.07 bits per heavy atom. The number of nitro groups is 1. The van der Waals surface area contributed by atoms with Gasteiger partial charge in [0.1, 0.15) is 23.8 Å². The molecule has 0 aliphatic rings. The molecule has 0 aliphatic carbocycles. The highest BCUT2D eigenvalue weighted by atomic mass is 32.1. The number of ether oxygens (including phenoxy) is 1. The van der Waals surface area contributed by atoms with Crippen LogP contribution < -0.4 is 10.1 Å². The lowest BCUT2D eigenvalue weighted by Crippen LogP contribution is -2.17. The van der Waals surface area contributed by atoms with Crippen LogP contribution in [0, 0.1) is 10.1 Å². The second-order valence-corrected chi connectivity index (χ2v) is 6.72. The van der Waals surface area contributed by atoms with Crippen molar-refractivity contribution in [2.75, 3.05) is 12.4 Å². The molecule has 1 atom stereocenters. The molecule has 1 N–H and O–H groups in total. The van der Waals surface area contributed by atoms with E-state index >= 15 is 0 Å². The van der Waals surface area contributed by atoms with E-state index in [1.165, 1.54) is 15.7 Å². The van der Waals surface area contributed by atoms with E-state index in [0.717, 1.165) is 11.3 Å². The van der Waals surface area contributed by atoms with E-state index in [9.17, 15) is 10.1 Å². The van der Waals surface area contributed by atoms with Crippen molar-refractivity contribution in [3.8, 4) is 5.75 Å². The largest absolute Gasteiger partial charge is 0.497 e. The topological polar surface area (TPSA) is 99.5 Å². The van der Waals surface area contributed by atoms with Gasteiger partial charge in [0.05, 0.1) is 7.11 Å². The molecule has 10 heteroatoms. The van der Waals surface area contributed by atoms with Gasteiger partial charge in [-0.3, -0.25) is 0 Å². The molecule has 1 aromatic carbocycles. The number of aromatic nitrogens is 4. The number of fused-ring (bicyclic) bond motifs is 1. The smallest absolute Gasteiger partial charge is 0.372 e. The minimum absolute atomic E-state index is 0.0982. The van der Waals surface area contributed by atoms with E-state index in [1.807, 2.05) is 42.1 Å². The van der Waals surface area contributed by atoms with Gasteiger partial charge in [-0.05, 0) is 22.6 Å². The summed E-state index contributed by atoms with van der Waals surface area (Å²) in [5, 5.41) is 16.6. The molecular weight excluding hydrogens is 368 g/mol. The molecule has 1 unspecified atom stereocenters. The summed E-state index contributed by atoms with van der Waals surface area (Å²) in [6.07, 6.45) is 5.15. The molecule has 0 aliphatic heterocycles. The van der Waals surface area contributed by atoms with E-state index in [2.05, 4.69) is 15.3 Å². The molecule has 0 saturated heterocycles. The molecule has 0 fully saturated rings. The first-order valence-electron chi connectivity index (χ1n) is 8.06. The van der Waals surface area contributed by atoms with Crippen molar-refractivity contribution in [2.45, 2.75) is 6.04 Å². The number of imidazole rings is 2. The van der Waals surface area contributed by atoms with Gasteiger partial charge in [-0.1, -0.05) is 23.5 Å². The van der Waals surface area contributed by atoms with Crippen LogP contribution in [0.15, 0.2) is 48.2 Å². The molecule has 0 bridgehead atoms. The summed E-state index contributed by atoms with van der Waals surface area (Å²) in [6.45, 7) is 0. The Morgan fingerprint density at radius 1 is 1.30 bits per heavy atom. The first-order chi connectivity index (χ1) is 13.1. The molecule has 3 heterocycles. The van der Waals surface area contributed by atoms with Crippen LogP contribution in [-0.2, 0) is 7.05 Å².